The number of hydrogen-bond acceptors (Lipinski definition) is 4. The first-order valence-electron chi connectivity index (χ1n) is 6.13. The Labute approximate surface area is 117 Å². The molecular formula is C14H16N2O4. The van der Waals surface area contributed by atoms with E-state index in [1.54, 1.807) is 24.3 Å². The van der Waals surface area contributed by atoms with Gasteiger partial charge in [-0.25, -0.2) is 4.79 Å². The third-order valence-corrected chi connectivity index (χ3v) is 2.68. The summed E-state index contributed by atoms with van der Waals surface area (Å²) in [5, 5.41) is 17.4. The van der Waals surface area contributed by atoms with Crippen LogP contribution in [0.1, 0.15) is 18.1 Å². The number of nitrogens with zero attached hydrogens (tertiary/aromatic N) is 2. The molecule has 0 fully saturated rings. The van der Waals surface area contributed by atoms with Crippen LogP contribution in [0, 0.1) is 11.3 Å². The van der Waals surface area contributed by atoms with E-state index in [1.165, 1.54) is 4.90 Å². The Morgan fingerprint density at radius 2 is 2.05 bits per heavy atom. The molecule has 0 aliphatic heterocycles. The molecule has 0 spiro atoms. The second-order valence-electron chi connectivity index (χ2n) is 4.06. The van der Waals surface area contributed by atoms with E-state index in [2.05, 4.69) is 6.07 Å². The minimum absolute atomic E-state index is 0.283. The van der Waals surface area contributed by atoms with Crippen molar-refractivity contribution in [2.75, 3.05) is 19.8 Å². The number of rotatable bonds is 7. The van der Waals surface area contributed by atoms with Crippen LogP contribution in [0.15, 0.2) is 24.3 Å². The van der Waals surface area contributed by atoms with E-state index in [1.807, 2.05) is 6.92 Å². The van der Waals surface area contributed by atoms with Crippen molar-refractivity contribution in [1.82, 2.24) is 4.90 Å². The molecule has 1 aromatic carbocycles. The maximum absolute atomic E-state index is 11.9. The summed E-state index contributed by atoms with van der Waals surface area (Å²) in [6.45, 7) is 1.78. The summed E-state index contributed by atoms with van der Waals surface area (Å²) in [6.07, 6.45) is 0. The summed E-state index contributed by atoms with van der Waals surface area (Å²) in [4.78, 5) is 23.7. The molecule has 0 radical (unpaired) electrons. The molecule has 1 amide bonds. The van der Waals surface area contributed by atoms with E-state index in [9.17, 15) is 9.59 Å². The molecular weight excluding hydrogens is 260 g/mol. The van der Waals surface area contributed by atoms with E-state index in [0.29, 0.717) is 18.7 Å². The van der Waals surface area contributed by atoms with Crippen LogP contribution in [0.2, 0.25) is 0 Å². The van der Waals surface area contributed by atoms with Crippen LogP contribution in [-0.4, -0.2) is 41.6 Å². The highest BCUT2D eigenvalue weighted by molar-refractivity contribution is 5.78. The first-order valence-corrected chi connectivity index (χ1v) is 6.13. The quantitative estimate of drug-likeness (QED) is 0.802. The molecule has 0 heterocycles. The summed E-state index contributed by atoms with van der Waals surface area (Å²) in [7, 11) is 0. The molecule has 0 aliphatic carbocycles. The van der Waals surface area contributed by atoms with Gasteiger partial charge in [-0.05, 0) is 18.6 Å². The fourth-order valence-corrected chi connectivity index (χ4v) is 1.67. The Morgan fingerprint density at radius 1 is 1.35 bits per heavy atom. The number of carboxylic acids is 1. The van der Waals surface area contributed by atoms with Gasteiger partial charge >= 0.3 is 5.97 Å². The van der Waals surface area contributed by atoms with Crippen molar-refractivity contribution in [2.45, 2.75) is 13.5 Å². The normalized spacial score (nSPS) is 9.80. The lowest BCUT2D eigenvalue weighted by Gasteiger charge is -2.21. The van der Waals surface area contributed by atoms with Crippen LogP contribution in [0.5, 0.6) is 0 Å². The molecule has 106 valence electrons. The van der Waals surface area contributed by atoms with Gasteiger partial charge in [0.15, 0.2) is 0 Å². The summed E-state index contributed by atoms with van der Waals surface area (Å²) in [5.41, 5.74) is 1.27. The molecule has 0 saturated carbocycles. The van der Waals surface area contributed by atoms with Gasteiger partial charge in [0.2, 0.25) is 5.91 Å². The topological polar surface area (TPSA) is 90.6 Å². The van der Waals surface area contributed by atoms with E-state index in [-0.39, 0.29) is 12.5 Å². The molecule has 6 nitrogen and oxygen atoms in total. The first kappa shape index (κ1) is 15.7. The number of carbonyl (C=O) groups is 2. The maximum atomic E-state index is 11.9. The first-order chi connectivity index (χ1) is 9.58. The van der Waals surface area contributed by atoms with E-state index in [4.69, 9.17) is 15.1 Å². The second-order valence-corrected chi connectivity index (χ2v) is 4.06. The smallest absolute Gasteiger partial charge is 0.329 e. The van der Waals surface area contributed by atoms with Crippen LogP contribution in [0.3, 0.4) is 0 Å². The van der Waals surface area contributed by atoms with Crippen LogP contribution >= 0.6 is 0 Å². The van der Waals surface area contributed by atoms with Crippen LogP contribution in [-0.2, 0) is 20.9 Å². The lowest BCUT2D eigenvalue weighted by Crippen LogP contribution is -2.34. The fraction of sp³-hybridized carbons (Fsp3) is 0.357. The third kappa shape index (κ3) is 4.71. The van der Waals surface area contributed by atoms with Gasteiger partial charge in [-0.15, -0.1) is 0 Å². The Hall–Kier alpha value is -2.39. The van der Waals surface area contributed by atoms with Gasteiger partial charge in [-0.2, -0.15) is 5.26 Å². The molecule has 0 aromatic heterocycles. The summed E-state index contributed by atoms with van der Waals surface area (Å²) in [5.74, 6) is -1.42. The molecule has 1 aromatic rings. The number of hydrogen-bond donors (Lipinski definition) is 1. The Morgan fingerprint density at radius 3 is 2.65 bits per heavy atom. The lowest BCUT2D eigenvalue weighted by molar-refractivity contribution is -0.146. The number of carboxylic acid groups (broad SMARTS) is 1. The second kappa shape index (κ2) is 7.92. The van der Waals surface area contributed by atoms with Crippen LogP contribution < -0.4 is 0 Å². The van der Waals surface area contributed by atoms with Crippen LogP contribution in [0.4, 0.5) is 0 Å². The molecule has 0 saturated heterocycles. The Bertz CT molecular complexity index is 522. The number of carbonyl (C=O) groups excluding carboxylic acids is 1. The molecule has 1 rings (SSSR count). The average molecular weight is 276 g/mol. The minimum Gasteiger partial charge on any atom is -0.480 e. The number of nitriles is 1. The van der Waals surface area contributed by atoms with E-state index in [0.717, 1.165) is 5.56 Å². The molecule has 6 heteroatoms. The largest absolute Gasteiger partial charge is 0.480 e. The number of benzene rings is 1. The molecule has 0 aliphatic rings. The molecule has 0 unspecified atom stereocenters. The SMILES string of the molecule is CCN(Cc1ccccc1C#N)C(=O)COCC(=O)O. The predicted molar refractivity (Wildman–Crippen MR) is 70.7 cm³/mol. The zero-order valence-electron chi connectivity index (χ0n) is 11.2. The van der Waals surface area contributed by atoms with Crippen molar-refractivity contribution in [2.24, 2.45) is 0 Å². The van der Waals surface area contributed by atoms with Crippen molar-refractivity contribution in [3.63, 3.8) is 0 Å². The summed E-state index contributed by atoms with van der Waals surface area (Å²) in [6, 6.07) is 9.11. The van der Waals surface area contributed by atoms with Crippen molar-refractivity contribution >= 4 is 11.9 Å². The Balaban J connectivity index is 2.65. The van der Waals surface area contributed by atoms with Gasteiger partial charge in [0.05, 0.1) is 11.6 Å². The van der Waals surface area contributed by atoms with Crippen molar-refractivity contribution in [3.8, 4) is 6.07 Å². The summed E-state index contributed by atoms with van der Waals surface area (Å²) >= 11 is 0. The monoisotopic (exact) mass is 276 g/mol. The number of likely N-dealkylation sites (N-methyl/N-ethyl adjacent to an activating group) is 1. The van der Waals surface area contributed by atoms with Gasteiger partial charge in [0.25, 0.3) is 0 Å². The van der Waals surface area contributed by atoms with E-state index >= 15 is 0 Å². The van der Waals surface area contributed by atoms with Gasteiger partial charge in [0.1, 0.15) is 13.2 Å². The zero-order valence-corrected chi connectivity index (χ0v) is 11.2. The van der Waals surface area contributed by atoms with Crippen molar-refractivity contribution in [1.29, 1.82) is 5.26 Å². The predicted octanol–water partition coefficient (Wildman–Crippen LogP) is 1.01. The molecule has 1 N–H and O–H groups in total. The number of ether oxygens (including phenoxy) is 1. The van der Waals surface area contributed by atoms with Gasteiger partial charge in [0, 0.05) is 13.1 Å². The number of amides is 1. The Kier molecular flexibility index (Phi) is 6.20. The van der Waals surface area contributed by atoms with Crippen LogP contribution in [0.25, 0.3) is 0 Å². The lowest BCUT2D eigenvalue weighted by atomic mass is 10.1. The number of aliphatic carboxylic acids is 1. The fourth-order valence-electron chi connectivity index (χ4n) is 1.67. The average Bonchev–Trinajstić information content (AvgIpc) is 2.44. The van der Waals surface area contributed by atoms with Gasteiger partial charge in [-0.3, -0.25) is 4.79 Å². The summed E-state index contributed by atoms with van der Waals surface area (Å²) < 4.78 is 4.78. The molecule has 20 heavy (non-hydrogen) atoms. The molecule has 0 atom stereocenters. The maximum Gasteiger partial charge on any atom is 0.329 e. The molecule has 0 bridgehead atoms. The van der Waals surface area contributed by atoms with Gasteiger partial charge < -0.3 is 14.7 Å². The standard InChI is InChI=1S/C14H16N2O4/c1-2-16(13(17)9-20-10-14(18)19)8-12-6-4-3-5-11(12)7-15/h3-6H,2,8-10H2,1H3,(H,18,19). The van der Waals surface area contributed by atoms with E-state index < -0.39 is 12.6 Å². The highest BCUT2D eigenvalue weighted by atomic mass is 16.5. The highest BCUT2D eigenvalue weighted by Crippen LogP contribution is 2.10. The zero-order chi connectivity index (χ0) is 15.0. The van der Waals surface area contributed by atoms with Crippen molar-refractivity contribution < 1.29 is 19.4 Å². The van der Waals surface area contributed by atoms with Crippen molar-refractivity contribution in [3.05, 3.63) is 35.4 Å². The minimum atomic E-state index is -1.12. The highest BCUT2D eigenvalue weighted by Gasteiger charge is 2.14. The third-order valence-electron chi connectivity index (χ3n) is 2.68. The van der Waals surface area contributed by atoms with Gasteiger partial charge in [-0.1, -0.05) is 18.2 Å².